The lowest BCUT2D eigenvalue weighted by Gasteiger charge is -2.38. The van der Waals surface area contributed by atoms with Gasteiger partial charge in [0.2, 0.25) is 5.91 Å². The maximum absolute atomic E-state index is 13.9. The number of benzene rings is 2. The Hall–Kier alpha value is -2.71. The van der Waals surface area contributed by atoms with E-state index in [1.165, 1.54) is 24.3 Å². The van der Waals surface area contributed by atoms with Crippen LogP contribution in [0.4, 0.5) is 21.5 Å². The van der Waals surface area contributed by atoms with Crippen molar-refractivity contribution < 1.29 is 14.1 Å². The molecule has 1 unspecified atom stereocenters. The van der Waals surface area contributed by atoms with Gasteiger partial charge in [0.15, 0.2) is 0 Å². The Bertz CT molecular complexity index is 870. The molecule has 0 aromatic heterocycles. The van der Waals surface area contributed by atoms with Crippen molar-refractivity contribution in [2.75, 3.05) is 36.4 Å². The van der Waals surface area contributed by atoms with E-state index in [-0.39, 0.29) is 22.3 Å². The third kappa shape index (κ3) is 4.58. The molecule has 9 heteroatoms. The van der Waals surface area contributed by atoms with E-state index in [1.54, 1.807) is 19.1 Å². The van der Waals surface area contributed by atoms with Crippen LogP contribution in [0.15, 0.2) is 42.5 Å². The number of halogens is 2. The minimum atomic E-state index is -0.573. The predicted molar refractivity (Wildman–Crippen MR) is 106 cm³/mol. The molecule has 1 N–H and O–H groups in total. The highest BCUT2D eigenvalue weighted by Crippen LogP contribution is 2.22. The second-order valence-corrected chi connectivity index (χ2v) is 7.02. The zero-order valence-corrected chi connectivity index (χ0v) is 16.0. The van der Waals surface area contributed by atoms with Gasteiger partial charge in [-0.1, -0.05) is 11.6 Å². The summed E-state index contributed by atoms with van der Waals surface area (Å²) in [5, 5.41) is 13.6. The van der Waals surface area contributed by atoms with Crippen LogP contribution >= 0.6 is 11.6 Å². The van der Waals surface area contributed by atoms with Crippen molar-refractivity contribution >= 4 is 34.6 Å². The Morgan fingerprint density at radius 1 is 1.18 bits per heavy atom. The summed E-state index contributed by atoms with van der Waals surface area (Å²) >= 11 is 5.73. The van der Waals surface area contributed by atoms with Gasteiger partial charge in [0.05, 0.1) is 16.7 Å². The van der Waals surface area contributed by atoms with E-state index in [4.69, 9.17) is 11.6 Å². The number of carbonyl (C=O) groups is 1. The lowest BCUT2D eigenvalue weighted by atomic mass is 10.2. The fourth-order valence-corrected chi connectivity index (χ4v) is 3.31. The van der Waals surface area contributed by atoms with Crippen LogP contribution in [0.2, 0.25) is 5.02 Å². The molecule has 7 nitrogen and oxygen atoms in total. The third-order valence-electron chi connectivity index (χ3n) is 4.86. The lowest BCUT2D eigenvalue weighted by Crippen LogP contribution is -2.52. The maximum atomic E-state index is 13.9. The molecule has 2 aromatic rings. The standard InChI is InChI=1S/C19H20ClFN4O3/c1-13(19(26)22-18-7-2-14(20)12-17(18)21)23-8-10-24(11-9-23)15-3-5-16(6-4-15)25(27)28/h2-7,12-13H,8-11H2,1H3,(H,22,26). The molecule has 0 aliphatic carbocycles. The van der Waals surface area contributed by atoms with E-state index in [9.17, 15) is 19.3 Å². The number of nitro benzene ring substituents is 1. The summed E-state index contributed by atoms with van der Waals surface area (Å²) in [5.41, 5.74) is 1.07. The Labute approximate surface area is 166 Å². The van der Waals surface area contributed by atoms with Gasteiger partial charge >= 0.3 is 0 Å². The zero-order chi connectivity index (χ0) is 20.3. The maximum Gasteiger partial charge on any atom is 0.269 e. The first-order chi connectivity index (χ1) is 13.3. The third-order valence-corrected chi connectivity index (χ3v) is 5.09. The number of carbonyl (C=O) groups excluding carboxylic acids is 1. The first kappa shape index (κ1) is 20.0. The number of nitrogens with one attached hydrogen (secondary N) is 1. The van der Waals surface area contributed by atoms with Gasteiger partial charge in [0, 0.05) is 49.0 Å². The van der Waals surface area contributed by atoms with E-state index < -0.39 is 16.8 Å². The van der Waals surface area contributed by atoms with E-state index in [2.05, 4.69) is 10.2 Å². The van der Waals surface area contributed by atoms with Crippen LogP contribution in [-0.4, -0.2) is 48.0 Å². The minimum absolute atomic E-state index is 0.0575. The number of nitrogens with zero attached hydrogens (tertiary/aromatic N) is 3. The van der Waals surface area contributed by atoms with Gasteiger partial charge in [-0.2, -0.15) is 0 Å². The Kier molecular flexibility index (Phi) is 6.11. The van der Waals surface area contributed by atoms with E-state index >= 15 is 0 Å². The van der Waals surface area contributed by atoms with Gasteiger partial charge in [0.1, 0.15) is 5.82 Å². The van der Waals surface area contributed by atoms with Gasteiger partial charge in [-0.05, 0) is 37.3 Å². The summed E-state index contributed by atoms with van der Waals surface area (Å²) in [6.07, 6.45) is 0. The zero-order valence-electron chi connectivity index (χ0n) is 15.3. The Morgan fingerprint density at radius 3 is 2.39 bits per heavy atom. The molecule has 1 aliphatic rings. The van der Waals surface area contributed by atoms with Gasteiger partial charge in [-0.25, -0.2) is 4.39 Å². The monoisotopic (exact) mass is 406 g/mol. The summed E-state index contributed by atoms with van der Waals surface area (Å²) in [6, 6.07) is 10.1. The van der Waals surface area contributed by atoms with Gasteiger partial charge < -0.3 is 10.2 Å². The Balaban J connectivity index is 1.56. The molecule has 148 valence electrons. The smallest absolute Gasteiger partial charge is 0.269 e. The average Bonchev–Trinajstić information content (AvgIpc) is 2.69. The normalized spacial score (nSPS) is 15.9. The van der Waals surface area contributed by atoms with Crippen molar-refractivity contribution in [3.8, 4) is 0 Å². The highest BCUT2D eigenvalue weighted by molar-refractivity contribution is 6.30. The molecule has 1 atom stereocenters. The summed E-state index contributed by atoms with van der Waals surface area (Å²) in [7, 11) is 0. The molecule has 0 saturated carbocycles. The molecule has 1 saturated heterocycles. The molecule has 1 aliphatic heterocycles. The molecule has 1 fully saturated rings. The van der Waals surface area contributed by atoms with Crippen LogP contribution in [0.25, 0.3) is 0 Å². The topological polar surface area (TPSA) is 78.7 Å². The number of amides is 1. The van der Waals surface area contributed by atoms with Crippen LogP contribution in [0.1, 0.15) is 6.92 Å². The molecule has 1 heterocycles. The highest BCUT2D eigenvalue weighted by atomic mass is 35.5. The van der Waals surface area contributed by atoms with Gasteiger partial charge in [-0.15, -0.1) is 0 Å². The second-order valence-electron chi connectivity index (χ2n) is 6.59. The molecule has 0 bridgehead atoms. The predicted octanol–water partition coefficient (Wildman–Crippen LogP) is 3.54. The van der Waals surface area contributed by atoms with Crippen molar-refractivity contribution in [3.63, 3.8) is 0 Å². The first-order valence-electron chi connectivity index (χ1n) is 8.84. The summed E-state index contributed by atoms with van der Waals surface area (Å²) in [6.45, 7) is 4.45. The van der Waals surface area contributed by atoms with Crippen molar-refractivity contribution in [1.29, 1.82) is 0 Å². The number of nitro groups is 1. The molecular weight excluding hydrogens is 387 g/mol. The molecule has 0 spiro atoms. The van der Waals surface area contributed by atoms with Gasteiger partial charge in [0.25, 0.3) is 5.69 Å². The minimum Gasteiger partial charge on any atom is -0.369 e. The van der Waals surface area contributed by atoms with Crippen molar-refractivity contribution in [2.45, 2.75) is 13.0 Å². The van der Waals surface area contributed by atoms with E-state index in [0.717, 1.165) is 11.8 Å². The SMILES string of the molecule is CC(C(=O)Nc1ccc(Cl)cc1F)N1CCN(c2ccc([N+](=O)[O-])cc2)CC1. The molecule has 2 aromatic carbocycles. The number of non-ortho nitro benzene ring substituents is 1. The van der Waals surface area contributed by atoms with Crippen molar-refractivity contribution in [1.82, 2.24) is 4.90 Å². The van der Waals surface area contributed by atoms with Crippen LogP contribution in [0.3, 0.4) is 0 Å². The number of rotatable bonds is 5. The lowest BCUT2D eigenvalue weighted by molar-refractivity contribution is -0.384. The molecule has 3 rings (SSSR count). The van der Waals surface area contributed by atoms with Gasteiger partial charge in [-0.3, -0.25) is 19.8 Å². The molecular formula is C19H20ClFN4O3. The number of hydrogen-bond donors (Lipinski definition) is 1. The van der Waals surface area contributed by atoms with Crippen molar-refractivity contribution in [2.24, 2.45) is 0 Å². The molecule has 28 heavy (non-hydrogen) atoms. The molecule has 1 amide bonds. The summed E-state index contributed by atoms with van der Waals surface area (Å²) < 4.78 is 13.9. The molecule has 0 radical (unpaired) electrons. The average molecular weight is 407 g/mol. The van der Waals surface area contributed by atoms with Crippen LogP contribution < -0.4 is 10.2 Å². The largest absolute Gasteiger partial charge is 0.369 e. The Morgan fingerprint density at radius 2 is 1.82 bits per heavy atom. The fourth-order valence-electron chi connectivity index (χ4n) is 3.15. The van der Waals surface area contributed by atoms with Crippen LogP contribution in [0, 0.1) is 15.9 Å². The van der Waals surface area contributed by atoms with E-state index in [1.807, 2.05) is 4.90 Å². The van der Waals surface area contributed by atoms with Crippen LogP contribution in [-0.2, 0) is 4.79 Å². The second kappa shape index (κ2) is 8.53. The first-order valence-corrected chi connectivity index (χ1v) is 9.22. The number of piperazine rings is 1. The van der Waals surface area contributed by atoms with Crippen molar-refractivity contribution in [3.05, 3.63) is 63.4 Å². The summed E-state index contributed by atoms with van der Waals surface area (Å²) in [4.78, 5) is 26.9. The quantitative estimate of drug-likeness (QED) is 0.607. The number of anilines is 2. The van der Waals surface area contributed by atoms with Crippen LogP contribution in [0.5, 0.6) is 0 Å². The summed E-state index contributed by atoms with van der Waals surface area (Å²) in [5.74, 6) is -0.860. The fraction of sp³-hybridized carbons (Fsp3) is 0.316. The number of hydrogen-bond acceptors (Lipinski definition) is 5. The highest BCUT2D eigenvalue weighted by Gasteiger charge is 2.26. The van der Waals surface area contributed by atoms with E-state index in [0.29, 0.717) is 26.2 Å².